The molecule has 2 saturated heterocycles. The highest BCUT2D eigenvalue weighted by molar-refractivity contribution is 7.10. The van der Waals surface area contributed by atoms with E-state index >= 15 is 0 Å². The molecule has 1 amide bonds. The first-order valence-electron chi connectivity index (χ1n) is 9.80. The molecule has 4 heteroatoms. The van der Waals surface area contributed by atoms with Gasteiger partial charge in [-0.1, -0.05) is 12.8 Å². The Labute approximate surface area is 150 Å². The number of carbonyl (C=O) groups excluding carboxylic acids is 1. The predicted molar refractivity (Wildman–Crippen MR) is 99.8 cm³/mol. The number of fused-ring (bicyclic) bond motifs is 1. The molecule has 0 bridgehead atoms. The minimum absolute atomic E-state index is 0.307. The van der Waals surface area contributed by atoms with Gasteiger partial charge >= 0.3 is 0 Å². The molecule has 132 valence electrons. The fourth-order valence-electron chi connectivity index (χ4n) is 5.01. The lowest BCUT2D eigenvalue weighted by molar-refractivity contribution is 0.0391. The lowest BCUT2D eigenvalue weighted by atomic mass is 9.78. The summed E-state index contributed by atoms with van der Waals surface area (Å²) in [6, 6.07) is 2.74. The van der Waals surface area contributed by atoms with E-state index in [1.54, 1.807) is 0 Å². The Balaban J connectivity index is 1.46. The predicted octanol–water partition coefficient (Wildman–Crippen LogP) is 4.35. The summed E-state index contributed by atoms with van der Waals surface area (Å²) in [5.74, 6) is 1.74. The molecule has 2 aliphatic heterocycles. The van der Waals surface area contributed by atoms with Crippen LogP contribution >= 0.6 is 11.3 Å². The number of rotatable bonds is 2. The van der Waals surface area contributed by atoms with Crippen molar-refractivity contribution in [1.29, 1.82) is 0 Å². The number of hydrogen-bond acceptors (Lipinski definition) is 3. The standard InChI is InChI=1S/C20H30N2OS/c1-21-11-8-16(9-12-21)19-13-17(14-24-19)20(23)22-10-4-6-15-5-2-3-7-18(15)22/h13-16,18H,2-12H2,1H3. The Hall–Kier alpha value is -0.870. The van der Waals surface area contributed by atoms with E-state index in [1.165, 1.54) is 69.3 Å². The number of carbonyl (C=O) groups is 1. The summed E-state index contributed by atoms with van der Waals surface area (Å²) in [4.78, 5) is 19.2. The van der Waals surface area contributed by atoms with Gasteiger partial charge in [0, 0.05) is 22.8 Å². The van der Waals surface area contributed by atoms with Gasteiger partial charge in [-0.3, -0.25) is 4.79 Å². The highest BCUT2D eigenvalue weighted by Crippen LogP contribution is 2.37. The van der Waals surface area contributed by atoms with Crippen molar-refractivity contribution in [3.63, 3.8) is 0 Å². The van der Waals surface area contributed by atoms with Gasteiger partial charge in [0.2, 0.25) is 0 Å². The van der Waals surface area contributed by atoms with Crippen LogP contribution in [0.4, 0.5) is 0 Å². The second-order valence-corrected chi connectivity index (χ2v) is 9.01. The molecule has 4 rings (SSSR count). The minimum atomic E-state index is 0.307. The maximum absolute atomic E-state index is 13.1. The third kappa shape index (κ3) is 3.28. The molecule has 0 N–H and O–H groups in total. The van der Waals surface area contributed by atoms with E-state index in [-0.39, 0.29) is 0 Å². The molecule has 3 fully saturated rings. The second-order valence-electron chi connectivity index (χ2n) is 8.07. The van der Waals surface area contributed by atoms with E-state index < -0.39 is 0 Å². The van der Waals surface area contributed by atoms with Gasteiger partial charge in [0.1, 0.15) is 0 Å². The number of amides is 1. The molecule has 3 nitrogen and oxygen atoms in total. The summed E-state index contributed by atoms with van der Waals surface area (Å²) >= 11 is 1.81. The van der Waals surface area contributed by atoms with E-state index in [0.29, 0.717) is 17.9 Å². The van der Waals surface area contributed by atoms with Crippen LogP contribution in [0.25, 0.3) is 0 Å². The number of nitrogens with zero attached hydrogens (tertiary/aromatic N) is 2. The van der Waals surface area contributed by atoms with Crippen LogP contribution in [0.1, 0.15) is 72.5 Å². The quantitative estimate of drug-likeness (QED) is 0.795. The molecule has 24 heavy (non-hydrogen) atoms. The minimum Gasteiger partial charge on any atom is -0.335 e. The van der Waals surface area contributed by atoms with Crippen LogP contribution in [0, 0.1) is 5.92 Å². The molecule has 0 radical (unpaired) electrons. The van der Waals surface area contributed by atoms with Gasteiger partial charge in [-0.25, -0.2) is 0 Å². The average molecular weight is 347 g/mol. The molecule has 2 unspecified atom stereocenters. The largest absolute Gasteiger partial charge is 0.335 e. The molecular weight excluding hydrogens is 316 g/mol. The molecule has 1 aliphatic carbocycles. The van der Waals surface area contributed by atoms with Crippen molar-refractivity contribution >= 4 is 17.2 Å². The lowest BCUT2D eigenvalue weighted by Gasteiger charge is -2.44. The summed E-state index contributed by atoms with van der Waals surface area (Å²) in [5, 5.41) is 2.13. The summed E-state index contributed by atoms with van der Waals surface area (Å²) in [6.07, 6.45) is 10.2. The molecule has 1 saturated carbocycles. The van der Waals surface area contributed by atoms with Gasteiger partial charge in [-0.15, -0.1) is 11.3 Å². The normalized spacial score (nSPS) is 29.5. The van der Waals surface area contributed by atoms with Crippen LogP contribution in [-0.4, -0.2) is 48.4 Å². The van der Waals surface area contributed by atoms with Crippen molar-refractivity contribution < 1.29 is 4.79 Å². The number of piperidine rings is 2. The summed E-state index contributed by atoms with van der Waals surface area (Å²) < 4.78 is 0. The topological polar surface area (TPSA) is 23.6 Å². The van der Waals surface area contributed by atoms with E-state index in [2.05, 4.69) is 28.3 Å². The number of thiophene rings is 1. The Morgan fingerprint density at radius 3 is 2.62 bits per heavy atom. The first-order chi connectivity index (χ1) is 11.7. The maximum Gasteiger partial charge on any atom is 0.254 e. The van der Waals surface area contributed by atoms with Crippen molar-refractivity contribution in [1.82, 2.24) is 9.80 Å². The Morgan fingerprint density at radius 1 is 1.04 bits per heavy atom. The van der Waals surface area contributed by atoms with Crippen LogP contribution in [0.2, 0.25) is 0 Å². The number of likely N-dealkylation sites (tertiary alicyclic amines) is 2. The van der Waals surface area contributed by atoms with Crippen LogP contribution < -0.4 is 0 Å². The first kappa shape index (κ1) is 16.6. The van der Waals surface area contributed by atoms with Crippen LogP contribution in [0.15, 0.2) is 11.4 Å². The highest BCUT2D eigenvalue weighted by Gasteiger charge is 2.36. The fourth-order valence-corrected chi connectivity index (χ4v) is 6.07. The zero-order chi connectivity index (χ0) is 16.5. The van der Waals surface area contributed by atoms with E-state index in [9.17, 15) is 4.79 Å². The van der Waals surface area contributed by atoms with Gasteiger partial charge in [-0.05, 0) is 76.6 Å². The Morgan fingerprint density at radius 2 is 1.79 bits per heavy atom. The van der Waals surface area contributed by atoms with Crippen molar-refractivity contribution in [3.8, 4) is 0 Å². The molecule has 3 heterocycles. The summed E-state index contributed by atoms with van der Waals surface area (Å²) in [7, 11) is 2.20. The van der Waals surface area contributed by atoms with Gasteiger partial charge in [0.25, 0.3) is 5.91 Å². The van der Waals surface area contributed by atoms with Crippen LogP contribution in [0.3, 0.4) is 0 Å². The average Bonchev–Trinajstić information content (AvgIpc) is 3.11. The Bertz CT molecular complexity index is 574. The molecule has 0 spiro atoms. The smallest absolute Gasteiger partial charge is 0.254 e. The molecule has 3 aliphatic rings. The van der Waals surface area contributed by atoms with Crippen LogP contribution in [0.5, 0.6) is 0 Å². The third-order valence-electron chi connectivity index (χ3n) is 6.49. The summed E-state index contributed by atoms with van der Waals surface area (Å²) in [6.45, 7) is 3.34. The molecule has 1 aromatic rings. The van der Waals surface area contributed by atoms with Gasteiger partial charge in [-0.2, -0.15) is 0 Å². The SMILES string of the molecule is CN1CCC(c2cc(C(=O)N3CCCC4CCCCC43)cs2)CC1. The summed E-state index contributed by atoms with van der Waals surface area (Å²) in [5.41, 5.74) is 0.958. The highest BCUT2D eigenvalue weighted by atomic mass is 32.1. The van der Waals surface area contributed by atoms with Crippen molar-refractivity contribution in [2.75, 3.05) is 26.7 Å². The second kappa shape index (κ2) is 7.17. The molecule has 2 atom stereocenters. The lowest BCUT2D eigenvalue weighted by Crippen LogP contribution is -2.49. The van der Waals surface area contributed by atoms with Crippen LogP contribution in [-0.2, 0) is 0 Å². The van der Waals surface area contributed by atoms with Crippen molar-refractivity contribution in [2.24, 2.45) is 5.92 Å². The van der Waals surface area contributed by atoms with Crippen molar-refractivity contribution in [3.05, 3.63) is 21.9 Å². The van der Waals surface area contributed by atoms with Gasteiger partial charge in [0.05, 0.1) is 5.56 Å². The van der Waals surface area contributed by atoms with E-state index in [1.807, 2.05) is 11.3 Å². The van der Waals surface area contributed by atoms with Crippen molar-refractivity contribution in [2.45, 2.75) is 63.3 Å². The monoisotopic (exact) mass is 346 g/mol. The van der Waals surface area contributed by atoms with E-state index in [0.717, 1.165) is 18.0 Å². The third-order valence-corrected chi connectivity index (χ3v) is 7.59. The van der Waals surface area contributed by atoms with Gasteiger partial charge < -0.3 is 9.80 Å². The maximum atomic E-state index is 13.1. The fraction of sp³-hybridized carbons (Fsp3) is 0.750. The zero-order valence-electron chi connectivity index (χ0n) is 14.9. The molecule has 1 aromatic heterocycles. The van der Waals surface area contributed by atoms with E-state index in [4.69, 9.17) is 0 Å². The van der Waals surface area contributed by atoms with Gasteiger partial charge in [0.15, 0.2) is 0 Å². The zero-order valence-corrected chi connectivity index (χ0v) is 15.7. The molecule has 0 aromatic carbocycles. The Kier molecular flexibility index (Phi) is 4.95. The molecular formula is C20H30N2OS. The number of hydrogen-bond donors (Lipinski definition) is 0. The first-order valence-corrected chi connectivity index (χ1v) is 10.7.